The van der Waals surface area contributed by atoms with Gasteiger partial charge in [0.05, 0.1) is 42.2 Å². The van der Waals surface area contributed by atoms with Gasteiger partial charge in [-0.25, -0.2) is 4.98 Å². The van der Waals surface area contributed by atoms with E-state index in [-0.39, 0.29) is 11.8 Å². The molecule has 1 aromatic heterocycles. The first kappa shape index (κ1) is 24.3. The molecule has 37 heavy (non-hydrogen) atoms. The number of likely N-dealkylation sites (tertiary alicyclic amines) is 1. The number of carbonyl (C=O) groups is 2. The lowest BCUT2D eigenvalue weighted by Crippen LogP contribution is -2.29. The Morgan fingerprint density at radius 3 is 2.38 bits per heavy atom. The molecule has 5 rings (SSSR count). The van der Waals surface area contributed by atoms with Crippen LogP contribution in [0.5, 0.6) is 11.5 Å². The van der Waals surface area contributed by atoms with E-state index in [0.29, 0.717) is 39.5 Å². The number of aromatic nitrogens is 1. The Balaban J connectivity index is 1.56. The lowest BCUT2D eigenvalue weighted by atomic mass is 10.0. The number of rotatable bonds is 6. The molecule has 0 saturated carbocycles. The van der Waals surface area contributed by atoms with Gasteiger partial charge in [-0.1, -0.05) is 30.3 Å². The van der Waals surface area contributed by atoms with Crippen molar-refractivity contribution in [2.75, 3.05) is 32.6 Å². The zero-order valence-electron chi connectivity index (χ0n) is 21.2. The summed E-state index contributed by atoms with van der Waals surface area (Å²) in [5, 5.41) is 3.78. The molecule has 0 radical (unpaired) electrons. The van der Waals surface area contributed by atoms with Crippen molar-refractivity contribution in [2.45, 2.75) is 19.8 Å². The highest BCUT2D eigenvalue weighted by Gasteiger charge is 2.24. The van der Waals surface area contributed by atoms with Gasteiger partial charge in [-0.05, 0) is 61.7 Å². The molecule has 0 unspecified atom stereocenters. The largest absolute Gasteiger partial charge is 0.493 e. The summed E-state index contributed by atoms with van der Waals surface area (Å²) < 4.78 is 10.8. The SMILES string of the molecule is COc1ccc(-c2cc(C(=O)Nc3c(C)cccc3C(=O)N3CCCC3)c3ccccc3n2)cc1OC. The third kappa shape index (κ3) is 4.72. The number of ether oxygens (including phenoxy) is 2. The minimum absolute atomic E-state index is 0.0536. The van der Waals surface area contributed by atoms with Crippen LogP contribution in [0.25, 0.3) is 22.2 Å². The minimum atomic E-state index is -0.301. The number of benzene rings is 3. The van der Waals surface area contributed by atoms with E-state index >= 15 is 0 Å². The molecule has 0 atom stereocenters. The minimum Gasteiger partial charge on any atom is -0.493 e. The third-order valence-corrected chi connectivity index (χ3v) is 6.78. The van der Waals surface area contributed by atoms with Crippen molar-refractivity contribution >= 4 is 28.4 Å². The Kier molecular flexibility index (Phi) is 6.77. The lowest BCUT2D eigenvalue weighted by molar-refractivity contribution is 0.0793. The van der Waals surface area contributed by atoms with Crippen molar-refractivity contribution in [3.8, 4) is 22.8 Å². The molecule has 2 heterocycles. The maximum absolute atomic E-state index is 13.8. The Hall–Kier alpha value is -4.39. The van der Waals surface area contributed by atoms with E-state index in [1.54, 1.807) is 26.4 Å². The van der Waals surface area contributed by atoms with E-state index < -0.39 is 0 Å². The summed E-state index contributed by atoms with van der Waals surface area (Å²) in [7, 11) is 3.17. The first-order chi connectivity index (χ1) is 18.0. The standard InChI is InChI=1S/C30H29N3O4/c1-19-9-8-11-22(30(35)33-15-6-7-16-33)28(19)32-29(34)23-18-25(31-24-12-5-4-10-21(23)24)20-13-14-26(36-2)27(17-20)37-3/h4-5,8-14,17-18H,6-7,15-16H2,1-3H3,(H,32,34). The summed E-state index contributed by atoms with van der Waals surface area (Å²) in [6.45, 7) is 3.38. The van der Waals surface area contributed by atoms with Crippen molar-refractivity contribution in [1.29, 1.82) is 0 Å². The molecule has 0 bridgehead atoms. The van der Waals surface area contributed by atoms with Crippen molar-refractivity contribution in [3.63, 3.8) is 0 Å². The summed E-state index contributed by atoms with van der Waals surface area (Å²) in [6, 6.07) is 20.4. The quantitative estimate of drug-likeness (QED) is 0.370. The van der Waals surface area contributed by atoms with E-state index in [4.69, 9.17) is 14.5 Å². The Morgan fingerprint density at radius 2 is 1.62 bits per heavy atom. The van der Waals surface area contributed by atoms with Gasteiger partial charge in [0, 0.05) is 24.0 Å². The third-order valence-electron chi connectivity index (χ3n) is 6.78. The second kappa shape index (κ2) is 10.3. The second-order valence-corrected chi connectivity index (χ2v) is 9.09. The van der Waals surface area contributed by atoms with Gasteiger partial charge in [0.1, 0.15) is 0 Å². The number of carbonyl (C=O) groups excluding carboxylic acids is 2. The van der Waals surface area contributed by atoms with E-state index in [2.05, 4.69) is 5.32 Å². The van der Waals surface area contributed by atoms with E-state index in [1.807, 2.05) is 66.4 Å². The van der Waals surface area contributed by atoms with Crippen molar-refractivity contribution < 1.29 is 19.1 Å². The highest BCUT2D eigenvalue weighted by Crippen LogP contribution is 2.33. The number of methoxy groups -OCH3 is 2. The van der Waals surface area contributed by atoms with Gasteiger partial charge in [-0.3, -0.25) is 9.59 Å². The number of pyridine rings is 1. The van der Waals surface area contributed by atoms with Gasteiger partial charge in [0.2, 0.25) is 0 Å². The molecular weight excluding hydrogens is 466 g/mol. The number of hydrogen-bond acceptors (Lipinski definition) is 5. The van der Waals surface area contributed by atoms with E-state index in [0.717, 1.165) is 42.4 Å². The maximum atomic E-state index is 13.8. The molecule has 1 N–H and O–H groups in total. The average Bonchev–Trinajstić information content (AvgIpc) is 3.48. The topological polar surface area (TPSA) is 80.8 Å². The van der Waals surface area contributed by atoms with Crippen LogP contribution in [0.15, 0.2) is 66.7 Å². The van der Waals surface area contributed by atoms with Gasteiger partial charge < -0.3 is 19.7 Å². The molecule has 188 valence electrons. The van der Waals surface area contributed by atoms with Gasteiger partial charge in [-0.2, -0.15) is 0 Å². The number of nitrogens with zero attached hydrogens (tertiary/aromatic N) is 2. The molecule has 0 aliphatic carbocycles. The predicted molar refractivity (Wildman–Crippen MR) is 145 cm³/mol. The molecule has 1 aliphatic rings. The van der Waals surface area contributed by atoms with Crippen LogP contribution in [-0.4, -0.2) is 49.0 Å². The van der Waals surface area contributed by atoms with Crippen LogP contribution in [0.4, 0.5) is 5.69 Å². The van der Waals surface area contributed by atoms with Crippen LogP contribution >= 0.6 is 0 Å². The summed E-state index contributed by atoms with van der Waals surface area (Å²) in [6.07, 6.45) is 2.00. The van der Waals surface area contributed by atoms with Crippen LogP contribution in [-0.2, 0) is 0 Å². The Labute approximate surface area is 216 Å². The normalized spacial score (nSPS) is 13.0. The Morgan fingerprint density at radius 1 is 0.865 bits per heavy atom. The first-order valence-corrected chi connectivity index (χ1v) is 12.3. The average molecular weight is 496 g/mol. The number of anilines is 1. The molecule has 0 spiro atoms. The van der Waals surface area contributed by atoms with Crippen LogP contribution in [0, 0.1) is 6.92 Å². The van der Waals surface area contributed by atoms with Crippen LogP contribution < -0.4 is 14.8 Å². The number of hydrogen-bond donors (Lipinski definition) is 1. The molecule has 2 amide bonds. The fraction of sp³-hybridized carbons (Fsp3) is 0.233. The van der Waals surface area contributed by atoms with Gasteiger partial charge >= 0.3 is 0 Å². The molecule has 1 fully saturated rings. The number of fused-ring (bicyclic) bond motifs is 1. The molecule has 7 nitrogen and oxygen atoms in total. The predicted octanol–water partition coefficient (Wildman–Crippen LogP) is 5.72. The zero-order valence-corrected chi connectivity index (χ0v) is 21.2. The molecule has 7 heteroatoms. The second-order valence-electron chi connectivity index (χ2n) is 9.09. The van der Waals surface area contributed by atoms with Crippen molar-refractivity contribution in [2.24, 2.45) is 0 Å². The lowest BCUT2D eigenvalue weighted by Gasteiger charge is -2.19. The molecule has 3 aromatic carbocycles. The molecule has 1 saturated heterocycles. The smallest absolute Gasteiger partial charge is 0.256 e. The van der Waals surface area contributed by atoms with Crippen LogP contribution in [0.3, 0.4) is 0 Å². The van der Waals surface area contributed by atoms with Crippen LogP contribution in [0.1, 0.15) is 39.1 Å². The fourth-order valence-corrected chi connectivity index (χ4v) is 4.79. The molecule has 4 aromatic rings. The highest BCUT2D eigenvalue weighted by atomic mass is 16.5. The monoisotopic (exact) mass is 495 g/mol. The van der Waals surface area contributed by atoms with Gasteiger partial charge in [0.15, 0.2) is 11.5 Å². The zero-order chi connectivity index (χ0) is 25.9. The van der Waals surface area contributed by atoms with Crippen molar-refractivity contribution in [1.82, 2.24) is 9.88 Å². The summed E-state index contributed by atoms with van der Waals surface area (Å²) >= 11 is 0. The summed E-state index contributed by atoms with van der Waals surface area (Å²) in [5.74, 6) is 0.831. The Bertz CT molecular complexity index is 1490. The number of aryl methyl sites for hydroxylation is 1. The molecule has 1 aliphatic heterocycles. The van der Waals surface area contributed by atoms with Crippen molar-refractivity contribution in [3.05, 3.63) is 83.4 Å². The van der Waals surface area contributed by atoms with Crippen LogP contribution in [0.2, 0.25) is 0 Å². The van der Waals surface area contributed by atoms with E-state index in [9.17, 15) is 9.59 Å². The summed E-state index contributed by atoms with van der Waals surface area (Å²) in [4.78, 5) is 33.7. The maximum Gasteiger partial charge on any atom is 0.256 e. The number of para-hydroxylation sites is 2. The highest BCUT2D eigenvalue weighted by molar-refractivity contribution is 6.15. The van der Waals surface area contributed by atoms with E-state index in [1.165, 1.54) is 0 Å². The fourth-order valence-electron chi connectivity index (χ4n) is 4.79. The number of amides is 2. The van der Waals surface area contributed by atoms with Gasteiger partial charge in [0.25, 0.3) is 11.8 Å². The number of nitrogens with one attached hydrogen (secondary N) is 1. The summed E-state index contributed by atoms with van der Waals surface area (Å²) in [5.41, 5.74) is 4.46. The molecular formula is C30H29N3O4. The van der Waals surface area contributed by atoms with Gasteiger partial charge in [-0.15, -0.1) is 0 Å². The first-order valence-electron chi connectivity index (χ1n) is 12.3.